The summed E-state index contributed by atoms with van der Waals surface area (Å²) in [4.78, 5) is 17.0. The van der Waals surface area contributed by atoms with E-state index in [9.17, 15) is 9.36 Å². The van der Waals surface area contributed by atoms with Crippen molar-refractivity contribution in [1.82, 2.24) is 4.90 Å². The van der Waals surface area contributed by atoms with Gasteiger partial charge in [-0.3, -0.25) is 9.36 Å². The topological polar surface area (TPSA) is 55.8 Å². The second kappa shape index (κ2) is 26.3. The molecule has 0 radical (unpaired) electrons. The molecule has 0 rings (SSSR count). The fourth-order valence-corrected chi connectivity index (χ4v) is 7.70. The Kier molecular flexibility index (Phi) is 26.0. The van der Waals surface area contributed by atoms with Gasteiger partial charge in [-0.25, -0.2) is 0 Å². The molecular formula is C34H70NO4P. The van der Waals surface area contributed by atoms with Gasteiger partial charge in [0, 0.05) is 12.1 Å². The van der Waals surface area contributed by atoms with Crippen molar-refractivity contribution in [1.29, 1.82) is 0 Å². The third-order valence-electron chi connectivity index (χ3n) is 8.30. The maximum Gasteiger partial charge on any atom is 0.343 e. The quantitative estimate of drug-likeness (QED) is 0.0645. The average molecular weight is 588 g/mol. The Morgan fingerprint density at radius 1 is 0.550 bits per heavy atom. The van der Waals surface area contributed by atoms with E-state index in [2.05, 4.69) is 53.4 Å². The lowest BCUT2D eigenvalue weighted by Gasteiger charge is -2.41. The first-order valence-corrected chi connectivity index (χ1v) is 19.2. The lowest BCUT2D eigenvalue weighted by molar-refractivity contribution is -0.137. The van der Waals surface area contributed by atoms with Gasteiger partial charge in [-0.1, -0.05) is 138 Å². The van der Waals surface area contributed by atoms with Crippen molar-refractivity contribution >= 4 is 13.5 Å². The molecule has 5 nitrogen and oxygen atoms in total. The highest BCUT2D eigenvalue weighted by Gasteiger charge is 2.45. The summed E-state index contributed by atoms with van der Waals surface area (Å²) in [7, 11) is -3.62. The number of hydrogen-bond acceptors (Lipinski definition) is 4. The zero-order valence-electron chi connectivity index (χ0n) is 28.0. The average Bonchev–Trinajstić information content (AvgIpc) is 2.95. The van der Waals surface area contributed by atoms with Crippen molar-refractivity contribution in [3.63, 3.8) is 0 Å². The third kappa shape index (κ3) is 16.3. The summed E-state index contributed by atoms with van der Waals surface area (Å²) in [6, 6.07) is 0.356. The Balaban J connectivity index is 6.35. The molecule has 40 heavy (non-hydrogen) atoms. The van der Waals surface area contributed by atoms with Crippen LogP contribution in [0.25, 0.3) is 0 Å². The Hall–Kier alpha value is -0.380. The summed E-state index contributed by atoms with van der Waals surface area (Å²) in [6.45, 7) is 16.1. The molecule has 0 heterocycles. The van der Waals surface area contributed by atoms with Crippen LogP contribution in [0.15, 0.2) is 0 Å². The maximum atomic E-state index is 14.8. The van der Waals surface area contributed by atoms with Crippen molar-refractivity contribution in [2.75, 3.05) is 13.2 Å². The summed E-state index contributed by atoms with van der Waals surface area (Å²) >= 11 is 0. The van der Waals surface area contributed by atoms with E-state index >= 15 is 0 Å². The van der Waals surface area contributed by atoms with Gasteiger partial charge in [-0.2, -0.15) is 0 Å². The van der Waals surface area contributed by atoms with E-state index < -0.39 is 13.3 Å². The highest BCUT2D eigenvalue weighted by atomic mass is 31.2. The van der Waals surface area contributed by atoms with Gasteiger partial charge in [0.25, 0.3) is 0 Å². The largest absolute Gasteiger partial charge is 0.343 e. The monoisotopic (exact) mass is 588 g/mol. The molecule has 6 heteroatoms. The Labute approximate surface area is 250 Å². The first kappa shape index (κ1) is 39.6. The van der Waals surface area contributed by atoms with Gasteiger partial charge >= 0.3 is 7.60 Å². The lowest BCUT2D eigenvalue weighted by Crippen LogP contribution is -2.51. The van der Waals surface area contributed by atoms with Gasteiger partial charge in [0.05, 0.1) is 13.2 Å². The minimum absolute atomic E-state index is 0.0385. The molecule has 3 atom stereocenters. The molecule has 0 aromatic rings. The van der Waals surface area contributed by atoms with Crippen LogP contribution in [0.5, 0.6) is 0 Å². The summed E-state index contributed by atoms with van der Waals surface area (Å²) in [5, 5.41) is 0. The molecule has 1 amide bonds. The molecule has 0 bridgehead atoms. The summed E-state index contributed by atoms with van der Waals surface area (Å²) in [6.07, 6.45) is 21.8. The van der Waals surface area contributed by atoms with E-state index in [1.807, 2.05) is 0 Å². The maximum absolute atomic E-state index is 14.8. The second-order valence-corrected chi connectivity index (χ2v) is 14.1. The zero-order valence-corrected chi connectivity index (χ0v) is 28.9. The standard InChI is InChI=1S/C34H70NO4P/c1-8-15-20-21-22-25-28-33(40(37,38-29-18-11-4)39-30-19-12-5)34(36)35(31(13-6)26-23-16-9-2)32(14-7)27-24-17-10-3/h31-33H,8-30H2,1-7H3. The minimum Gasteiger partial charge on any atom is -0.336 e. The van der Waals surface area contributed by atoms with Crippen LogP contribution in [0.1, 0.15) is 183 Å². The molecular weight excluding hydrogens is 517 g/mol. The zero-order chi connectivity index (χ0) is 30.1. The first-order chi connectivity index (χ1) is 19.4. The van der Waals surface area contributed by atoms with Gasteiger partial charge in [0.15, 0.2) is 0 Å². The van der Waals surface area contributed by atoms with Crippen molar-refractivity contribution in [3.05, 3.63) is 0 Å². The summed E-state index contributed by atoms with van der Waals surface area (Å²) < 4.78 is 26.9. The van der Waals surface area contributed by atoms with E-state index in [1.165, 1.54) is 51.4 Å². The van der Waals surface area contributed by atoms with Crippen LogP contribution in [-0.4, -0.2) is 41.8 Å². The van der Waals surface area contributed by atoms with Crippen LogP contribution in [0.3, 0.4) is 0 Å². The fraction of sp³-hybridized carbons (Fsp3) is 0.971. The van der Waals surface area contributed by atoms with Crippen LogP contribution in [0.4, 0.5) is 0 Å². The van der Waals surface area contributed by atoms with Crippen molar-refractivity contribution < 1.29 is 18.4 Å². The molecule has 240 valence electrons. The lowest BCUT2D eigenvalue weighted by atomic mass is 9.97. The Morgan fingerprint density at radius 3 is 1.35 bits per heavy atom. The molecule has 0 fully saturated rings. The highest BCUT2D eigenvalue weighted by molar-refractivity contribution is 7.55. The molecule has 0 aliphatic carbocycles. The number of nitrogens with zero attached hydrogens (tertiary/aromatic N) is 1. The number of carbonyl (C=O) groups is 1. The number of unbranched alkanes of at least 4 members (excludes halogenated alkanes) is 11. The van der Waals surface area contributed by atoms with E-state index in [4.69, 9.17) is 9.05 Å². The van der Waals surface area contributed by atoms with E-state index in [0.29, 0.717) is 19.6 Å². The van der Waals surface area contributed by atoms with Gasteiger partial charge in [0.1, 0.15) is 5.66 Å². The van der Waals surface area contributed by atoms with E-state index in [0.717, 1.165) is 77.0 Å². The molecule has 0 saturated heterocycles. The Morgan fingerprint density at radius 2 is 0.925 bits per heavy atom. The smallest absolute Gasteiger partial charge is 0.336 e. The first-order valence-electron chi connectivity index (χ1n) is 17.6. The highest BCUT2D eigenvalue weighted by Crippen LogP contribution is 2.56. The predicted molar refractivity (Wildman–Crippen MR) is 174 cm³/mol. The molecule has 0 aromatic heterocycles. The van der Waals surface area contributed by atoms with Crippen molar-refractivity contribution in [3.8, 4) is 0 Å². The van der Waals surface area contributed by atoms with Crippen LogP contribution in [0, 0.1) is 0 Å². The summed E-state index contributed by atoms with van der Waals surface area (Å²) in [5.74, 6) is 0.0385. The molecule has 0 N–H and O–H groups in total. The summed E-state index contributed by atoms with van der Waals surface area (Å²) in [5.41, 5.74) is -0.701. The van der Waals surface area contributed by atoms with E-state index in [-0.39, 0.29) is 18.0 Å². The van der Waals surface area contributed by atoms with Gasteiger partial charge < -0.3 is 13.9 Å². The van der Waals surface area contributed by atoms with Crippen LogP contribution >= 0.6 is 7.60 Å². The number of carbonyl (C=O) groups excluding carboxylic acids is 1. The second-order valence-electron chi connectivity index (χ2n) is 11.8. The van der Waals surface area contributed by atoms with Gasteiger partial charge in [-0.05, 0) is 44.9 Å². The molecule has 0 spiro atoms. The van der Waals surface area contributed by atoms with Crippen molar-refractivity contribution in [2.24, 2.45) is 0 Å². The number of rotatable bonds is 29. The SMILES string of the molecule is CCCCCCCCC(C(=O)N(C(CC)CCCCC)C(CC)CCCCC)P(=O)(OCCCC)OCCCC. The fourth-order valence-electron chi connectivity index (χ4n) is 5.59. The van der Waals surface area contributed by atoms with Gasteiger partial charge in [-0.15, -0.1) is 0 Å². The molecule has 3 unspecified atom stereocenters. The van der Waals surface area contributed by atoms with Crippen LogP contribution in [-0.2, 0) is 18.4 Å². The van der Waals surface area contributed by atoms with Gasteiger partial charge in [0.2, 0.25) is 5.91 Å². The van der Waals surface area contributed by atoms with E-state index in [1.54, 1.807) is 0 Å². The van der Waals surface area contributed by atoms with Crippen LogP contribution in [0.2, 0.25) is 0 Å². The number of hydrogen-bond donors (Lipinski definition) is 0. The van der Waals surface area contributed by atoms with Crippen LogP contribution < -0.4 is 0 Å². The molecule has 0 aromatic carbocycles. The molecule has 0 saturated carbocycles. The van der Waals surface area contributed by atoms with Crippen molar-refractivity contribution in [2.45, 2.75) is 201 Å². The predicted octanol–water partition coefficient (Wildman–Crippen LogP) is 11.5. The molecule has 0 aliphatic heterocycles. The minimum atomic E-state index is -3.62. The molecule has 0 aliphatic rings. The Bertz CT molecular complexity index is 597. The number of amides is 1. The normalized spacial score (nSPS) is 14.3. The third-order valence-corrected chi connectivity index (χ3v) is 10.6.